The van der Waals surface area contributed by atoms with Crippen LogP contribution in [0.4, 0.5) is 0 Å². The minimum Gasteiger partial charge on any atom is -0.366 e. The van der Waals surface area contributed by atoms with E-state index in [0.717, 1.165) is 0 Å². The number of unbranched alkanes of at least 4 members (excludes halogenated alkanes) is 10. The fourth-order valence-corrected chi connectivity index (χ4v) is 2.78. The number of hydrogen-bond acceptors (Lipinski definition) is 1. The van der Waals surface area contributed by atoms with Crippen LogP contribution in [0.1, 0.15) is 84.5 Å². The van der Waals surface area contributed by atoms with Crippen LogP contribution in [-0.2, 0) is 4.79 Å². The Balaban J connectivity index is 3.62. The second kappa shape index (κ2) is 22.9. The molecule has 0 aliphatic carbocycles. The van der Waals surface area contributed by atoms with Crippen molar-refractivity contribution in [3.63, 3.8) is 0 Å². The number of nitrogens with two attached hydrogens (primary N) is 1. The SMILES string of the molecule is CCCCCCCCCCCCC=CC=CC=CC=CC=CC=CC=C(C)C(N)=O. The maximum Gasteiger partial charge on any atom is 0.244 e. The lowest BCUT2D eigenvalue weighted by Gasteiger charge is -2.01. The molecule has 0 atom stereocenters. The molecule has 0 bridgehead atoms. The molecule has 30 heavy (non-hydrogen) atoms. The van der Waals surface area contributed by atoms with Gasteiger partial charge in [0.15, 0.2) is 0 Å². The average molecular weight is 410 g/mol. The van der Waals surface area contributed by atoms with Crippen molar-refractivity contribution in [2.75, 3.05) is 0 Å². The normalized spacial score (nSPS) is 13.5. The molecule has 0 aromatic rings. The molecule has 0 spiro atoms. The minimum absolute atomic E-state index is 0.393. The molecule has 0 saturated heterocycles. The van der Waals surface area contributed by atoms with Crippen LogP contribution in [0.3, 0.4) is 0 Å². The number of primary amides is 1. The summed E-state index contributed by atoms with van der Waals surface area (Å²) < 4.78 is 0. The first-order chi connectivity index (χ1) is 14.7. The van der Waals surface area contributed by atoms with Crippen molar-refractivity contribution >= 4 is 5.91 Å². The predicted molar refractivity (Wildman–Crippen MR) is 134 cm³/mol. The van der Waals surface area contributed by atoms with Crippen LogP contribution < -0.4 is 5.73 Å². The first-order valence-electron chi connectivity index (χ1n) is 11.6. The van der Waals surface area contributed by atoms with Gasteiger partial charge in [-0.25, -0.2) is 0 Å². The maximum absolute atomic E-state index is 10.8. The Bertz CT molecular complexity index is 615. The van der Waals surface area contributed by atoms with Crippen molar-refractivity contribution in [3.8, 4) is 0 Å². The average Bonchev–Trinajstić information content (AvgIpc) is 2.74. The molecule has 0 unspecified atom stereocenters. The highest BCUT2D eigenvalue weighted by Crippen LogP contribution is 2.11. The molecule has 0 aromatic carbocycles. The number of rotatable bonds is 18. The summed E-state index contributed by atoms with van der Waals surface area (Å²) in [5, 5.41) is 0. The van der Waals surface area contributed by atoms with Gasteiger partial charge in [-0.05, 0) is 19.8 Å². The van der Waals surface area contributed by atoms with Crippen molar-refractivity contribution in [1.29, 1.82) is 0 Å². The first-order valence-corrected chi connectivity index (χ1v) is 11.6. The van der Waals surface area contributed by atoms with Gasteiger partial charge in [-0.3, -0.25) is 4.79 Å². The molecule has 0 saturated carbocycles. The molecule has 0 fully saturated rings. The molecule has 0 rings (SSSR count). The van der Waals surface area contributed by atoms with E-state index in [0.29, 0.717) is 5.57 Å². The lowest BCUT2D eigenvalue weighted by Crippen LogP contribution is -2.11. The topological polar surface area (TPSA) is 43.1 Å². The van der Waals surface area contributed by atoms with Crippen LogP contribution in [0.2, 0.25) is 0 Å². The maximum atomic E-state index is 10.8. The summed E-state index contributed by atoms with van der Waals surface area (Å²) in [7, 11) is 0. The van der Waals surface area contributed by atoms with Crippen LogP contribution in [0.5, 0.6) is 0 Å². The second-order valence-electron chi connectivity index (χ2n) is 7.54. The summed E-state index contributed by atoms with van der Waals surface area (Å²) in [5.41, 5.74) is 5.69. The van der Waals surface area contributed by atoms with Crippen molar-refractivity contribution in [2.24, 2.45) is 5.73 Å². The third-order valence-corrected chi connectivity index (χ3v) is 4.71. The summed E-state index contributed by atoms with van der Waals surface area (Å²) in [6, 6.07) is 0. The molecule has 0 aromatic heterocycles. The minimum atomic E-state index is -0.393. The van der Waals surface area contributed by atoms with Gasteiger partial charge < -0.3 is 5.73 Å². The third-order valence-electron chi connectivity index (χ3n) is 4.71. The molecule has 0 aliphatic rings. The third kappa shape index (κ3) is 21.9. The van der Waals surface area contributed by atoms with Gasteiger partial charge in [0.1, 0.15) is 0 Å². The monoisotopic (exact) mass is 409 g/mol. The molecule has 0 radical (unpaired) electrons. The zero-order valence-corrected chi connectivity index (χ0v) is 19.3. The van der Waals surface area contributed by atoms with E-state index in [1.165, 1.54) is 70.6 Å². The van der Waals surface area contributed by atoms with Gasteiger partial charge in [-0.2, -0.15) is 0 Å². The van der Waals surface area contributed by atoms with Gasteiger partial charge >= 0.3 is 0 Å². The van der Waals surface area contributed by atoms with E-state index in [9.17, 15) is 4.79 Å². The Morgan fingerprint density at radius 3 is 1.47 bits per heavy atom. The Labute approximate surface area is 185 Å². The number of amides is 1. The molecule has 2 nitrogen and oxygen atoms in total. The van der Waals surface area contributed by atoms with Crippen LogP contribution in [0.15, 0.2) is 84.6 Å². The van der Waals surface area contributed by atoms with Crippen LogP contribution in [-0.4, -0.2) is 5.91 Å². The molecular formula is C28H43NO. The van der Waals surface area contributed by atoms with E-state index >= 15 is 0 Å². The largest absolute Gasteiger partial charge is 0.366 e. The quantitative estimate of drug-likeness (QED) is 0.139. The summed E-state index contributed by atoms with van der Waals surface area (Å²) in [4.78, 5) is 10.8. The standard InChI is InChI=1S/C28H43NO/c1-3-4-5-6-7-8-9-10-11-12-13-14-15-16-17-18-19-20-21-22-23-24-25-26-27(2)28(29)30/h14-26H,3-13H2,1-2H3,(H2,29,30). The summed E-state index contributed by atoms with van der Waals surface area (Å²) in [6.07, 6.45) is 40.7. The number of hydrogen-bond donors (Lipinski definition) is 1. The molecular weight excluding hydrogens is 366 g/mol. The fraction of sp³-hybridized carbons (Fsp3) is 0.464. The van der Waals surface area contributed by atoms with E-state index in [4.69, 9.17) is 5.73 Å². The van der Waals surface area contributed by atoms with Crippen molar-refractivity contribution in [1.82, 2.24) is 0 Å². The summed E-state index contributed by atoms with van der Waals surface area (Å²) in [6.45, 7) is 3.97. The summed E-state index contributed by atoms with van der Waals surface area (Å²) >= 11 is 0. The van der Waals surface area contributed by atoms with Gasteiger partial charge in [-0.1, -0.05) is 144 Å². The Morgan fingerprint density at radius 1 is 0.600 bits per heavy atom. The summed E-state index contributed by atoms with van der Waals surface area (Å²) in [5.74, 6) is -0.393. The second-order valence-corrected chi connectivity index (χ2v) is 7.54. The Kier molecular flexibility index (Phi) is 21.1. The van der Waals surface area contributed by atoms with E-state index in [2.05, 4.69) is 25.2 Å². The van der Waals surface area contributed by atoms with Crippen molar-refractivity contribution < 1.29 is 4.79 Å². The molecule has 1 amide bonds. The zero-order valence-electron chi connectivity index (χ0n) is 19.3. The smallest absolute Gasteiger partial charge is 0.244 e. The molecule has 0 heterocycles. The molecule has 2 heteroatoms. The van der Waals surface area contributed by atoms with E-state index in [1.54, 1.807) is 19.1 Å². The highest BCUT2D eigenvalue weighted by Gasteiger charge is 1.92. The highest BCUT2D eigenvalue weighted by molar-refractivity contribution is 5.91. The zero-order chi connectivity index (χ0) is 22.1. The van der Waals surface area contributed by atoms with E-state index in [1.807, 2.05) is 48.6 Å². The first kappa shape index (κ1) is 27.6. The van der Waals surface area contributed by atoms with Gasteiger partial charge in [0.05, 0.1) is 0 Å². The van der Waals surface area contributed by atoms with Crippen LogP contribution in [0.25, 0.3) is 0 Å². The fourth-order valence-electron chi connectivity index (χ4n) is 2.78. The van der Waals surface area contributed by atoms with Crippen molar-refractivity contribution in [2.45, 2.75) is 84.5 Å². The van der Waals surface area contributed by atoms with Gasteiger partial charge in [0.25, 0.3) is 0 Å². The Morgan fingerprint density at radius 2 is 1.00 bits per heavy atom. The number of allylic oxidation sites excluding steroid dienone is 13. The lowest BCUT2D eigenvalue weighted by atomic mass is 10.1. The molecule has 0 aliphatic heterocycles. The number of carbonyl (C=O) groups is 1. The van der Waals surface area contributed by atoms with E-state index < -0.39 is 5.91 Å². The predicted octanol–water partition coefficient (Wildman–Crippen LogP) is 8.07. The van der Waals surface area contributed by atoms with Crippen LogP contribution >= 0.6 is 0 Å². The van der Waals surface area contributed by atoms with Crippen LogP contribution in [0, 0.1) is 0 Å². The highest BCUT2D eigenvalue weighted by atomic mass is 16.1. The molecule has 2 N–H and O–H groups in total. The van der Waals surface area contributed by atoms with Gasteiger partial charge in [0, 0.05) is 5.57 Å². The number of carbonyl (C=O) groups excluding carboxylic acids is 1. The van der Waals surface area contributed by atoms with Crippen molar-refractivity contribution in [3.05, 3.63) is 84.6 Å². The van der Waals surface area contributed by atoms with Gasteiger partial charge in [0.2, 0.25) is 5.91 Å². The van der Waals surface area contributed by atoms with E-state index in [-0.39, 0.29) is 0 Å². The lowest BCUT2D eigenvalue weighted by molar-refractivity contribution is -0.114. The molecule has 166 valence electrons. The van der Waals surface area contributed by atoms with Gasteiger partial charge in [-0.15, -0.1) is 0 Å². The Hall–Kier alpha value is -2.35.